The second-order valence-electron chi connectivity index (χ2n) is 12.1. The molecule has 10 heteroatoms. The third-order valence-electron chi connectivity index (χ3n) is 8.56. The number of amides is 2. The Balaban J connectivity index is 1.56. The Labute approximate surface area is 288 Å². The predicted molar refractivity (Wildman–Crippen MR) is 190 cm³/mol. The van der Waals surface area contributed by atoms with Gasteiger partial charge in [0.2, 0.25) is 11.8 Å². The lowest BCUT2D eigenvalue weighted by Crippen LogP contribution is -2.54. The van der Waals surface area contributed by atoms with Gasteiger partial charge in [0.25, 0.3) is 10.0 Å². The van der Waals surface area contributed by atoms with Gasteiger partial charge in [0.05, 0.1) is 17.2 Å². The minimum absolute atomic E-state index is 0.0153. The summed E-state index contributed by atoms with van der Waals surface area (Å²) in [5.41, 5.74) is 3.07. The number of hydrogen-bond donors (Lipinski definition) is 1. The average Bonchev–Trinajstić information content (AvgIpc) is 3.60. The van der Waals surface area contributed by atoms with Crippen molar-refractivity contribution in [1.29, 1.82) is 0 Å². The van der Waals surface area contributed by atoms with E-state index in [1.54, 1.807) is 24.3 Å². The van der Waals surface area contributed by atoms with Crippen molar-refractivity contribution in [3.63, 3.8) is 0 Å². The van der Waals surface area contributed by atoms with Crippen LogP contribution in [0.25, 0.3) is 0 Å². The molecule has 1 aliphatic carbocycles. The van der Waals surface area contributed by atoms with Gasteiger partial charge in [-0.3, -0.25) is 13.9 Å². The first-order chi connectivity index (χ1) is 23.1. The topological polar surface area (TPSA) is 96.0 Å². The van der Waals surface area contributed by atoms with Gasteiger partial charge in [0.1, 0.15) is 18.3 Å². The van der Waals surface area contributed by atoms with E-state index >= 15 is 0 Å². The van der Waals surface area contributed by atoms with Crippen molar-refractivity contribution in [2.24, 2.45) is 0 Å². The molecule has 1 N–H and O–H groups in total. The molecule has 0 bridgehead atoms. The zero-order valence-electron chi connectivity index (χ0n) is 27.3. The first-order valence-corrected chi connectivity index (χ1v) is 18.2. The van der Waals surface area contributed by atoms with Crippen molar-refractivity contribution >= 4 is 39.1 Å². The summed E-state index contributed by atoms with van der Waals surface area (Å²) < 4.78 is 35.1. The monoisotopic (exact) mass is 687 g/mol. The molecule has 1 unspecified atom stereocenters. The molecule has 2 amide bonds. The molecule has 0 spiro atoms. The third kappa shape index (κ3) is 8.96. The van der Waals surface area contributed by atoms with Crippen LogP contribution in [0.15, 0.2) is 108 Å². The number of benzene rings is 4. The molecule has 1 aliphatic rings. The Bertz CT molecular complexity index is 1760. The number of aryl methyl sites for hydroxylation is 1. The summed E-state index contributed by atoms with van der Waals surface area (Å²) in [5, 5.41) is 3.59. The maximum absolute atomic E-state index is 14.7. The van der Waals surface area contributed by atoms with E-state index in [1.807, 2.05) is 68.4 Å². The minimum Gasteiger partial charge on any atom is -0.494 e. The summed E-state index contributed by atoms with van der Waals surface area (Å²) in [7, 11) is -4.24. The van der Waals surface area contributed by atoms with Crippen molar-refractivity contribution in [3.8, 4) is 5.75 Å². The van der Waals surface area contributed by atoms with Crippen molar-refractivity contribution in [2.45, 2.75) is 69.5 Å². The molecule has 0 heterocycles. The van der Waals surface area contributed by atoms with Crippen LogP contribution in [0.1, 0.15) is 49.3 Å². The van der Waals surface area contributed by atoms with E-state index in [1.165, 1.54) is 29.2 Å². The Hall–Kier alpha value is -4.34. The maximum atomic E-state index is 14.7. The molecular formula is C38H42ClN3O5S. The van der Waals surface area contributed by atoms with Gasteiger partial charge in [0.15, 0.2) is 0 Å². The van der Waals surface area contributed by atoms with Crippen molar-refractivity contribution < 1.29 is 22.7 Å². The smallest absolute Gasteiger partial charge is 0.264 e. The summed E-state index contributed by atoms with van der Waals surface area (Å²) in [6.45, 7) is 3.88. The standard InChI is InChI=1S/C38H42ClN3O5S/c1-3-47-34-21-19-33(20-22-34)42(48(45,46)35-23-17-31(39)18-24-35)27-37(43)41(26-30-15-13-28(2)14-16-30)36(25-29-9-5-4-6-10-29)38(44)40-32-11-7-8-12-32/h4-6,9-10,13-24,32,36H,3,7-8,11-12,25-27H2,1-2H3,(H,40,44). The normalized spacial score (nSPS) is 13.9. The Kier molecular flexibility index (Phi) is 11.8. The van der Waals surface area contributed by atoms with E-state index in [9.17, 15) is 18.0 Å². The van der Waals surface area contributed by atoms with Gasteiger partial charge in [0, 0.05) is 24.0 Å². The van der Waals surface area contributed by atoms with Crippen LogP contribution in [0.5, 0.6) is 5.75 Å². The number of anilines is 1. The van der Waals surface area contributed by atoms with Gasteiger partial charge < -0.3 is 15.0 Å². The molecule has 0 aromatic heterocycles. The van der Waals surface area contributed by atoms with Crippen molar-refractivity contribution in [3.05, 3.63) is 125 Å². The Morgan fingerprint density at radius 1 is 0.875 bits per heavy atom. The first-order valence-electron chi connectivity index (χ1n) is 16.3. The molecule has 1 saturated carbocycles. The number of rotatable bonds is 14. The predicted octanol–water partition coefficient (Wildman–Crippen LogP) is 6.94. The lowest BCUT2D eigenvalue weighted by molar-refractivity contribution is -0.140. The van der Waals surface area contributed by atoms with E-state index in [4.69, 9.17) is 16.3 Å². The number of nitrogens with one attached hydrogen (secondary N) is 1. The maximum Gasteiger partial charge on any atom is 0.264 e. The molecule has 0 radical (unpaired) electrons. The van der Waals surface area contributed by atoms with Crippen molar-refractivity contribution in [1.82, 2.24) is 10.2 Å². The quantitative estimate of drug-likeness (QED) is 0.155. The van der Waals surface area contributed by atoms with Gasteiger partial charge in [-0.25, -0.2) is 8.42 Å². The summed E-state index contributed by atoms with van der Waals surface area (Å²) in [6.07, 6.45) is 4.13. The van der Waals surface area contributed by atoms with Crippen LogP contribution in [0.4, 0.5) is 5.69 Å². The van der Waals surface area contributed by atoms with E-state index < -0.39 is 28.5 Å². The summed E-state index contributed by atoms with van der Waals surface area (Å²) in [4.78, 5) is 30.3. The van der Waals surface area contributed by atoms with Gasteiger partial charge in [-0.1, -0.05) is 84.6 Å². The number of hydrogen-bond acceptors (Lipinski definition) is 5. The average molecular weight is 688 g/mol. The highest BCUT2D eigenvalue weighted by atomic mass is 35.5. The molecule has 0 saturated heterocycles. The Morgan fingerprint density at radius 2 is 1.52 bits per heavy atom. The Morgan fingerprint density at radius 3 is 2.15 bits per heavy atom. The van der Waals surface area contributed by atoms with Crippen LogP contribution in [-0.4, -0.2) is 50.4 Å². The molecule has 252 valence electrons. The molecule has 48 heavy (non-hydrogen) atoms. The molecule has 1 atom stereocenters. The highest BCUT2D eigenvalue weighted by molar-refractivity contribution is 7.92. The number of ether oxygens (including phenoxy) is 1. The molecule has 4 aromatic rings. The van der Waals surface area contributed by atoms with Gasteiger partial charge in [-0.2, -0.15) is 0 Å². The molecule has 8 nitrogen and oxygen atoms in total. The van der Waals surface area contributed by atoms with Crippen LogP contribution >= 0.6 is 11.6 Å². The number of sulfonamides is 1. The highest BCUT2D eigenvalue weighted by Gasteiger charge is 2.35. The second-order valence-corrected chi connectivity index (χ2v) is 14.4. The second kappa shape index (κ2) is 16.2. The lowest BCUT2D eigenvalue weighted by Gasteiger charge is -2.34. The molecule has 4 aromatic carbocycles. The summed E-state index contributed by atoms with van der Waals surface area (Å²) >= 11 is 6.09. The number of carbonyl (C=O) groups is 2. The van der Waals surface area contributed by atoms with Crippen LogP contribution in [0, 0.1) is 6.92 Å². The van der Waals surface area contributed by atoms with E-state index in [2.05, 4.69) is 5.32 Å². The van der Waals surface area contributed by atoms with Gasteiger partial charge >= 0.3 is 0 Å². The highest BCUT2D eigenvalue weighted by Crippen LogP contribution is 2.28. The van der Waals surface area contributed by atoms with Gasteiger partial charge in [-0.15, -0.1) is 0 Å². The number of carbonyl (C=O) groups excluding carboxylic acids is 2. The largest absolute Gasteiger partial charge is 0.494 e. The summed E-state index contributed by atoms with van der Waals surface area (Å²) in [5.74, 6) is -0.187. The zero-order chi connectivity index (χ0) is 34.1. The molecule has 1 fully saturated rings. The fourth-order valence-corrected chi connectivity index (χ4v) is 7.49. The molecule has 5 rings (SSSR count). The zero-order valence-corrected chi connectivity index (χ0v) is 28.9. The molecule has 0 aliphatic heterocycles. The van der Waals surface area contributed by atoms with Crippen LogP contribution in [-0.2, 0) is 32.6 Å². The van der Waals surface area contributed by atoms with E-state index in [-0.39, 0.29) is 35.5 Å². The van der Waals surface area contributed by atoms with Crippen LogP contribution < -0.4 is 14.4 Å². The third-order valence-corrected chi connectivity index (χ3v) is 10.6. The van der Waals surface area contributed by atoms with E-state index in [0.717, 1.165) is 46.7 Å². The lowest BCUT2D eigenvalue weighted by atomic mass is 10.0. The fraction of sp³-hybridized carbons (Fsp3) is 0.316. The van der Waals surface area contributed by atoms with Crippen LogP contribution in [0.3, 0.4) is 0 Å². The number of halogens is 1. The summed E-state index contributed by atoms with van der Waals surface area (Å²) in [6, 6.07) is 28.9. The first kappa shape index (κ1) is 35.0. The van der Waals surface area contributed by atoms with Crippen molar-refractivity contribution in [2.75, 3.05) is 17.5 Å². The molecular weight excluding hydrogens is 646 g/mol. The minimum atomic E-state index is -4.24. The van der Waals surface area contributed by atoms with Gasteiger partial charge in [-0.05, 0) is 86.3 Å². The van der Waals surface area contributed by atoms with Crippen LogP contribution in [0.2, 0.25) is 5.02 Å². The SMILES string of the molecule is CCOc1ccc(N(CC(=O)N(Cc2ccc(C)cc2)C(Cc2ccccc2)C(=O)NC2CCCC2)S(=O)(=O)c2ccc(Cl)cc2)cc1. The fourth-order valence-electron chi connectivity index (χ4n) is 5.95. The van der Waals surface area contributed by atoms with E-state index in [0.29, 0.717) is 17.4 Å². The number of nitrogens with zero attached hydrogens (tertiary/aromatic N) is 2.